The summed E-state index contributed by atoms with van der Waals surface area (Å²) in [6.45, 7) is 6.52. The van der Waals surface area contributed by atoms with Crippen LogP contribution < -0.4 is 5.32 Å². The predicted octanol–water partition coefficient (Wildman–Crippen LogP) is 0.977. The van der Waals surface area contributed by atoms with Crippen LogP contribution in [0.1, 0.15) is 32.6 Å². The van der Waals surface area contributed by atoms with Gasteiger partial charge in [-0.1, -0.05) is 13.3 Å². The van der Waals surface area contributed by atoms with Crippen molar-refractivity contribution in [2.75, 3.05) is 32.7 Å². The molecule has 20 heavy (non-hydrogen) atoms. The van der Waals surface area contributed by atoms with Crippen LogP contribution in [0, 0.1) is 5.92 Å². The molecule has 1 saturated heterocycles. The Labute approximate surface area is 120 Å². The number of urea groups is 1. The van der Waals surface area contributed by atoms with E-state index in [0.717, 1.165) is 52.0 Å². The monoisotopic (exact) mass is 283 g/mol. The molecule has 114 valence electrons. The van der Waals surface area contributed by atoms with Crippen molar-refractivity contribution in [2.24, 2.45) is 5.92 Å². The molecule has 0 aromatic rings. The van der Waals surface area contributed by atoms with Gasteiger partial charge in [0.2, 0.25) is 0 Å². The van der Waals surface area contributed by atoms with Crippen LogP contribution in [0.25, 0.3) is 0 Å². The smallest absolute Gasteiger partial charge is 0.317 e. The van der Waals surface area contributed by atoms with Gasteiger partial charge in [-0.25, -0.2) is 4.79 Å². The zero-order chi connectivity index (χ0) is 14.5. The van der Waals surface area contributed by atoms with E-state index in [0.29, 0.717) is 6.42 Å². The Morgan fingerprint density at radius 2 is 1.90 bits per heavy atom. The summed E-state index contributed by atoms with van der Waals surface area (Å²) in [5.41, 5.74) is 0. The molecule has 0 bridgehead atoms. The van der Waals surface area contributed by atoms with Crippen molar-refractivity contribution in [2.45, 2.75) is 38.6 Å². The second-order valence-electron chi connectivity index (χ2n) is 5.77. The van der Waals surface area contributed by atoms with E-state index in [1.54, 1.807) is 0 Å². The van der Waals surface area contributed by atoms with Crippen LogP contribution in [0.2, 0.25) is 0 Å². The second-order valence-corrected chi connectivity index (χ2v) is 5.77. The number of hydrogen-bond donors (Lipinski definition) is 2. The quantitative estimate of drug-likeness (QED) is 0.810. The van der Waals surface area contributed by atoms with Gasteiger partial charge in [-0.15, -0.1) is 0 Å². The number of carboxylic acid groups (broad SMARTS) is 1. The molecule has 1 heterocycles. The zero-order valence-corrected chi connectivity index (χ0v) is 12.2. The number of nitrogens with zero attached hydrogens (tertiary/aromatic N) is 2. The predicted molar refractivity (Wildman–Crippen MR) is 75.6 cm³/mol. The molecule has 2 aliphatic rings. The Balaban J connectivity index is 1.78. The molecule has 0 aromatic carbocycles. The highest BCUT2D eigenvalue weighted by molar-refractivity contribution is 5.75. The molecule has 1 saturated carbocycles. The number of rotatable bonds is 3. The SMILES string of the molecule is CCN1CCN(C(=O)NC2CCCC(C(=O)O)C2)CC1. The Morgan fingerprint density at radius 3 is 2.50 bits per heavy atom. The lowest BCUT2D eigenvalue weighted by molar-refractivity contribution is -0.143. The first-order chi connectivity index (χ1) is 9.60. The fourth-order valence-corrected chi connectivity index (χ4v) is 3.08. The largest absolute Gasteiger partial charge is 0.481 e. The second kappa shape index (κ2) is 6.92. The van der Waals surface area contributed by atoms with E-state index in [2.05, 4.69) is 17.1 Å². The summed E-state index contributed by atoms with van der Waals surface area (Å²) < 4.78 is 0. The fourth-order valence-electron chi connectivity index (χ4n) is 3.08. The highest BCUT2D eigenvalue weighted by Crippen LogP contribution is 2.24. The average molecular weight is 283 g/mol. The molecular formula is C14H25N3O3. The minimum atomic E-state index is -0.736. The van der Waals surface area contributed by atoms with Crippen molar-refractivity contribution in [3.05, 3.63) is 0 Å². The number of carboxylic acids is 1. The van der Waals surface area contributed by atoms with Crippen molar-refractivity contribution in [1.82, 2.24) is 15.1 Å². The minimum Gasteiger partial charge on any atom is -0.481 e. The molecule has 2 atom stereocenters. The van der Waals surface area contributed by atoms with Gasteiger partial charge in [-0.3, -0.25) is 4.79 Å². The Kier molecular flexibility index (Phi) is 5.23. The molecule has 2 N–H and O–H groups in total. The van der Waals surface area contributed by atoms with Crippen molar-refractivity contribution in [1.29, 1.82) is 0 Å². The number of piperazine rings is 1. The summed E-state index contributed by atoms with van der Waals surface area (Å²) in [4.78, 5) is 27.4. The first-order valence-corrected chi connectivity index (χ1v) is 7.60. The number of hydrogen-bond acceptors (Lipinski definition) is 3. The summed E-state index contributed by atoms with van der Waals surface area (Å²) in [7, 11) is 0. The third-order valence-corrected chi connectivity index (χ3v) is 4.46. The van der Waals surface area contributed by atoms with Gasteiger partial charge in [0.25, 0.3) is 0 Å². The number of amides is 2. The standard InChI is InChI=1S/C14H25N3O3/c1-2-16-6-8-17(9-7-16)14(20)15-12-5-3-4-11(10-12)13(18)19/h11-12H,2-10H2,1H3,(H,15,20)(H,18,19). The van der Waals surface area contributed by atoms with Crippen LogP contribution in [-0.4, -0.2) is 65.7 Å². The lowest BCUT2D eigenvalue weighted by atomic mass is 9.86. The maximum absolute atomic E-state index is 12.2. The number of nitrogens with one attached hydrogen (secondary N) is 1. The van der Waals surface area contributed by atoms with Gasteiger partial charge in [0.15, 0.2) is 0 Å². The molecule has 2 amide bonds. The molecule has 0 aromatic heterocycles. The molecule has 2 unspecified atom stereocenters. The number of carbonyl (C=O) groups is 2. The van der Waals surface area contributed by atoms with Crippen LogP contribution in [0.3, 0.4) is 0 Å². The van der Waals surface area contributed by atoms with E-state index < -0.39 is 5.97 Å². The minimum absolute atomic E-state index is 0.0153. The van der Waals surface area contributed by atoms with Crippen molar-refractivity contribution in [3.8, 4) is 0 Å². The molecule has 1 aliphatic heterocycles. The van der Waals surface area contributed by atoms with E-state index in [-0.39, 0.29) is 18.0 Å². The molecule has 0 radical (unpaired) electrons. The summed E-state index contributed by atoms with van der Waals surface area (Å²) >= 11 is 0. The summed E-state index contributed by atoms with van der Waals surface area (Å²) in [6, 6.07) is -0.0154. The lowest BCUT2D eigenvalue weighted by Crippen LogP contribution is -2.54. The van der Waals surface area contributed by atoms with E-state index in [4.69, 9.17) is 5.11 Å². The van der Waals surface area contributed by atoms with Gasteiger partial charge in [0.05, 0.1) is 5.92 Å². The van der Waals surface area contributed by atoms with Gasteiger partial charge in [-0.2, -0.15) is 0 Å². The molecule has 2 fully saturated rings. The molecule has 2 rings (SSSR count). The topological polar surface area (TPSA) is 72.9 Å². The Bertz CT molecular complexity index is 354. The van der Waals surface area contributed by atoms with Crippen molar-refractivity contribution >= 4 is 12.0 Å². The molecular weight excluding hydrogens is 258 g/mol. The lowest BCUT2D eigenvalue weighted by Gasteiger charge is -2.36. The maximum atomic E-state index is 12.2. The van der Waals surface area contributed by atoms with Gasteiger partial charge >= 0.3 is 12.0 Å². The van der Waals surface area contributed by atoms with Crippen LogP contribution in [0.5, 0.6) is 0 Å². The van der Waals surface area contributed by atoms with Gasteiger partial charge < -0.3 is 20.2 Å². The van der Waals surface area contributed by atoms with E-state index in [9.17, 15) is 9.59 Å². The van der Waals surface area contributed by atoms with E-state index in [1.165, 1.54) is 0 Å². The first kappa shape index (κ1) is 15.1. The molecule has 0 spiro atoms. The Hall–Kier alpha value is -1.30. The van der Waals surface area contributed by atoms with Crippen LogP contribution in [-0.2, 0) is 4.79 Å². The van der Waals surface area contributed by atoms with Crippen molar-refractivity contribution < 1.29 is 14.7 Å². The molecule has 6 heteroatoms. The fraction of sp³-hybridized carbons (Fsp3) is 0.857. The van der Waals surface area contributed by atoms with Crippen LogP contribution in [0.4, 0.5) is 4.79 Å². The maximum Gasteiger partial charge on any atom is 0.317 e. The zero-order valence-electron chi connectivity index (χ0n) is 12.2. The normalized spacial score (nSPS) is 28.1. The van der Waals surface area contributed by atoms with Gasteiger partial charge in [-0.05, 0) is 25.8 Å². The average Bonchev–Trinajstić information content (AvgIpc) is 2.47. The summed E-state index contributed by atoms with van der Waals surface area (Å²) in [6.07, 6.45) is 3.07. The highest BCUT2D eigenvalue weighted by atomic mass is 16.4. The van der Waals surface area contributed by atoms with Crippen LogP contribution >= 0.6 is 0 Å². The molecule has 6 nitrogen and oxygen atoms in total. The molecule has 1 aliphatic carbocycles. The number of likely N-dealkylation sites (N-methyl/N-ethyl adjacent to an activating group) is 1. The first-order valence-electron chi connectivity index (χ1n) is 7.60. The van der Waals surface area contributed by atoms with Gasteiger partial charge in [0, 0.05) is 32.2 Å². The highest BCUT2D eigenvalue weighted by Gasteiger charge is 2.29. The third-order valence-electron chi connectivity index (χ3n) is 4.46. The summed E-state index contributed by atoms with van der Waals surface area (Å²) in [5.74, 6) is -1.04. The Morgan fingerprint density at radius 1 is 1.20 bits per heavy atom. The van der Waals surface area contributed by atoms with Crippen LogP contribution in [0.15, 0.2) is 0 Å². The van der Waals surface area contributed by atoms with Crippen molar-refractivity contribution in [3.63, 3.8) is 0 Å². The van der Waals surface area contributed by atoms with Gasteiger partial charge in [0.1, 0.15) is 0 Å². The van der Waals surface area contributed by atoms with E-state index >= 15 is 0 Å². The van der Waals surface area contributed by atoms with E-state index in [1.807, 2.05) is 4.90 Å². The third kappa shape index (κ3) is 3.85. The number of aliphatic carboxylic acids is 1. The summed E-state index contributed by atoms with van der Waals surface area (Å²) in [5, 5.41) is 12.1. The number of carbonyl (C=O) groups excluding carboxylic acids is 1.